The largest absolute Gasteiger partial charge is 0.272 e. The van der Waals surface area contributed by atoms with Gasteiger partial charge in [0.05, 0.1) is 16.0 Å². The van der Waals surface area contributed by atoms with Gasteiger partial charge in [-0.25, -0.2) is 10.4 Å². The summed E-state index contributed by atoms with van der Waals surface area (Å²) in [6.07, 6.45) is 4.46. The van der Waals surface area contributed by atoms with Gasteiger partial charge in [0.1, 0.15) is 0 Å². The van der Waals surface area contributed by atoms with Crippen LogP contribution in [0.25, 0.3) is 10.2 Å². The number of fused-ring (bicyclic) bond motifs is 1. The predicted octanol–water partition coefficient (Wildman–Crippen LogP) is 4.07. The number of amides is 1. The van der Waals surface area contributed by atoms with E-state index in [1.807, 2.05) is 24.3 Å². The number of hydrazone groups is 1. The number of para-hydroxylation sites is 1. The van der Waals surface area contributed by atoms with E-state index in [0.717, 1.165) is 33.1 Å². The van der Waals surface area contributed by atoms with Crippen LogP contribution < -0.4 is 5.43 Å². The van der Waals surface area contributed by atoms with Crippen LogP contribution in [0.2, 0.25) is 0 Å². The van der Waals surface area contributed by atoms with Crippen molar-refractivity contribution in [2.45, 2.75) is 36.9 Å². The second-order valence-corrected chi connectivity index (χ2v) is 7.90. The van der Waals surface area contributed by atoms with Gasteiger partial charge < -0.3 is 0 Å². The first kappa shape index (κ1) is 15.5. The molecule has 1 amide bonds. The smallest absolute Gasteiger partial charge is 0.250 e. The molecule has 1 aromatic heterocycles. The topological polar surface area (TPSA) is 54.4 Å². The van der Waals surface area contributed by atoms with E-state index >= 15 is 0 Å². The maximum absolute atomic E-state index is 11.9. The van der Waals surface area contributed by atoms with Crippen molar-refractivity contribution in [2.75, 3.05) is 5.75 Å². The van der Waals surface area contributed by atoms with Gasteiger partial charge in [-0.2, -0.15) is 5.10 Å². The lowest BCUT2D eigenvalue weighted by Gasteiger charge is -2.18. The van der Waals surface area contributed by atoms with Gasteiger partial charge in [-0.15, -0.1) is 11.3 Å². The summed E-state index contributed by atoms with van der Waals surface area (Å²) < 4.78 is 2.08. The fourth-order valence-electron chi connectivity index (χ4n) is 2.58. The Balaban J connectivity index is 1.50. The van der Waals surface area contributed by atoms with Crippen molar-refractivity contribution in [1.29, 1.82) is 0 Å². The molecule has 1 saturated carbocycles. The SMILES string of the molecule is CC1CCC/C(=N/NC(=O)CSc2nc3ccccc3s2)C1. The van der Waals surface area contributed by atoms with Crippen molar-refractivity contribution in [3.63, 3.8) is 0 Å². The lowest BCUT2D eigenvalue weighted by molar-refractivity contribution is -0.118. The van der Waals surface area contributed by atoms with E-state index in [2.05, 4.69) is 22.4 Å². The first-order chi connectivity index (χ1) is 10.7. The molecule has 0 aliphatic heterocycles. The molecule has 1 unspecified atom stereocenters. The van der Waals surface area contributed by atoms with Crippen molar-refractivity contribution in [2.24, 2.45) is 11.0 Å². The van der Waals surface area contributed by atoms with Gasteiger partial charge >= 0.3 is 0 Å². The minimum absolute atomic E-state index is 0.0602. The molecule has 22 heavy (non-hydrogen) atoms. The van der Waals surface area contributed by atoms with Gasteiger partial charge in [-0.3, -0.25) is 4.79 Å². The van der Waals surface area contributed by atoms with Crippen molar-refractivity contribution in [3.8, 4) is 0 Å². The zero-order chi connectivity index (χ0) is 15.4. The van der Waals surface area contributed by atoms with Crippen molar-refractivity contribution >= 4 is 44.9 Å². The fourth-order valence-corrected chi connectivity index (χ4v) is 4.44. The van der Waals surface area contributed by atoms with Crippen LogP contribution in [0.3, 0.4) is 0 Å². The summed E-state index contributed by atoms with van der Waals surface area (Å²) in [7, 11) is 0. The Labute approximate surface area is 138 Å². The molecule has 4 nitrogen and oxygen atoms in total. The van der Waals surface area contributed by atoms with Crippen LogP contribution in [0.15, 0.2) is 33.7 Å². The molecule has 1 aliphatic rings. The van der Waals surface area contributed by atoms with E-state index in [-0.39, 0.29) is 5.91 Å². The first-order valence-corrected chi connectivity index (χ1v) is 9.33. The molecule has 0 radical (unpaired) electrons. The number of nitrogens with zero attached hydrogens (tertiary/aromatic N) is 2. The van der Waals surface area contributed by atoms with Crippen LogP contribution in [0, 0.1) is 5.92 Å². The third-order valence-electron chi connectivity index (χ3n) is 3.69. The molecular weight excluding hydrogens is 314 g/mol. The molecular formula is C16H19N3OS2. The lowest BCUT2D eigenvalue weighted by atomic mass is 9.89. The lowest BCUT2D eigenvalue weighted by Crippen LogP contribution is -2.23. The van der Waals surface area contributed by atoms with Gasteiger partial charge in [-0.1, -0.05) is 30.8 Å². The molecule has 1 aromatic carbocycles. The third kappa shape index (κ3) is 4.08. The van der Waals surface area contributed by atoms with E-state index in [4.69, 9.17) is 0 Å². The Morgan fingerprint density at radius 2 is 2.36 bits per heavy atom. The summed E-state index contributed by atoms with van der Waals surface area (Å²) in [5.41, 5.74) is 4.80. The molecule has 1 heterocycles. The number of hydrogen-bond donors (Lipinski definition) is 1. The number of rotatable bonds is 4. The van der Waals surface area contributed by atoms with Gasteiger partial charge in [0, 0.05) is 5.71 Å². The maximum atomic E-state index is 11.9. The van der Waals surface area contributed by atoms with Crippen molar-refractivity contribution in [3.05, 3.63) is 24.3 Å². The molecule has 0 spiro atoms. The number of hydrogen-bond acceptors (Lipinski definition) is 5. The van der Waals surface area contributed by atoms with Gasteiger partial charge in [-0.05, 0) is 43.7 Å². The number of benzene rings is 1. The highest BCUT2D eigenvalue weighted by Gasteiger charge is 2.14. The Morgan fingerprint density at radius 3 is 3.18 bits per heavy atom. The van der Waals surface area contributed by atoms with E-state index < -0.39 is 0 Å². The Bertz CT molecular complexity index is 663. The number of thiazole rings is 1. The van der Waals surface area contributed by atoms with Crippen molar-refractivity contribution in [1.82, 2.24) is 10.4 Å². The molecule has 1 fully saturated rings. The molecule has 1 N–H and O–H groups in total. The van der Waals surface area contributed by atoms with Crippen molar-refractivity contribution < 1.29 is 4.79 Å². The van der Waals surface area contributed by atoms with Gasteiger partial charge in [0.2, 0.25) is 0 Å². The van der Waals surface area contributed by atoms with Crippen LogP contribution in [-0.4, -0.2) is 22.4 Å². The van der Waals surface area contributed by atoms with Gasteiger partial charge in [0.15, 0.2) is 4.34 Å². The molecule has 1 aliphatic carbocycles. The highest BCUT2D eigenvalue weighted by Crippen LogP contribution is 2.29. The minimum Gasteiger partial charge on any atom is -0.272 e. The van der Waals surface area contributed by atoms with E-state index in [0.29, 0.717) is 11.7 Å². The maximum Gasteiger partial charge on any atom is 0.250 e. The fraction of sp³-hybridized carbons (Fsp3) is 0.438. The molecule has 3 rings (SSSR count). The van der Waals surface area contributed by atoms with Crippen LogP contribution in [0.1, 0.15) is 32.6 Å². The van der Waals surface area contributed by atoms with Crippen LogP contribution in [0.5, 0.6) is 0 Å². The number of carbonyl (C=O) groups excluding carboxylic acids is 1. The van der Waals surface area contributed by atoms with Crippen LogP contribution in [0.4, 0.5) is 0 Å². The Hall–Kier alpha value is -1.40. The summed E-state index contributed by atoms with van der Waals surface area (Å²) in [6, 6.07) is 8.02. The summed E-state index contributed by atoms with van der Waals surface area (Å²) in [5.74, 6) is 0.975. The highest BCUT2D eigenvalue weighted by atomic mass is 32.2. The molecule has 2 aromatic rings. The Morgan fingerprint density at radius 1 is 1.50 bits per heavy atom. The summed E-state index contributed by atoms with van der Waals surface area (Å²) >= 11 is 3.09. The van der Waals surface area contributed by atoms with E-state index in [9.17, 15) is 4.79 Å². The summed E-state index contributed by atoms with van der Waals surface area (Å²) in [6.45, 7) is 2.24. The summed E-state index contributed by atoms with van der Waals surface area (Å²) in [5, 5.41) is 4.28. The van der Waals surface area contributed by atoms with E-state index in [1.54, 1.807) is 11.3 Å². The molecule has 0 saturated heterocycles. The molecule has 6 heteroatoms. The van der Waals surface area contributed by atoms with E-state index in [1.165, 1.54) is 24.6 Å². The second-order valence-electron chi connectivity index (χ2n) is 5.65. The van der Waals surface area contributed by atoms with Gasteiger partial charge in [0.25, 0.3) is 5.91 Å². The normalized spacial score (nSPS) is 20.4. The van der Waals surface area contributed by atoms with Crippen LogP contribution in [-0.2, 0) is 4.79 Å². The monoisotopic (exact) mass is 333 g/mol. The zero-order valence-electron chi connectivity index (χ0n) is 12.5. The number of carbonyl (C=O) groups is 1. The third-order valence-corrected chi connectivity index (χ3v) is 5.87. The highest BCUT2D eigenvalue weighted by molar-refractivity contribution is 8.01. The quantitative estimate of drug-likeness (QED) is 0.678. The Kier molecular flexibility index (Phi) is 5.10. The zero-order valence-corrected chi connectivity index (χ0v) is 14.2. The minimum atomic E-state index is -0.0602. The molecule has 0 bridgehead atoms. The first-order valence-electron chi connectivity index (χ1n) is 7.53. The number of nitrogens with one attached hydrogen (secondary N) is 1. The van der Waals surface area contributed by atoms with Crippen LogP contribution >= 0.6 is 23.1 Å². The average molecular weight is 333 g/mol. The molecule has 1 atom stereocenters. The second kappa shape index (κ2) is 7.24. The number of aromatic nitrogens is 1. The standard InChI is InChI=1S/C16H19N3OS2/c1-11-5-4-6-12(9-11)18-19-15(20)10-21-16-17-13-7-2-3-8-14(13)22-16/h2-3,7-8,11H,4-6,9-10H2,1H3,(H,19,20)/b18-12-. The number of thioether (sulfide) groups is 1. The average Bonchev–Trinajstić information content (AvgIpc) is 2.94. The predicted molar refractivity (Wildman–Crippen MR) is 93.6 cm³/mol. The summed E-state index contributed by atoms with van der Waals surface area (Å²) in [4.78, 5) is 16.4. The molecule has 116 valence electrons.